The van der Waals surface area contributed by atoms with Crippen molar-refractivity contribution in [3.05, 3.63) is 47.0 Å². The monoisotopic (exact) mass is 686 g/mol. The predicted molar refractivity (Wildman–Crippen MR) is 182 cm³/mol. The van der Waals surface area contributed by atoms with Crippen molar-refractivity contribution >= 4 is 35.8 Å². The van der Waals surface area contributed by atoms with Gasteiger partial charge in [-0.1, -0.05) is 20.8 Å². The molecule has 0 bridgehead atoms. The Bertz CT molecular complexity index is 1810. The third kappa shape index (κ3) is 7.16. The molecule has 5 rings (SSSR count). The molecule has 47 heavy (non-hydrogen) atoms. The zero-order valence-electron chi connectivity index (χ0n) is 28.7. The summed E-state index contributed by atoms with van der Waals surface area (Å²) in [7, 11) is -2.13. The Labute approximate surface area is 279 Å². The molecule has 1 aliphatic heterocycles. The minimum absolute atomic E-state index is 0.00920. The Balaban J connectivity index is 1.58. The number of hydrogen-bond acceptors (Lipinski definition) is 8. The molecular weight excluding hydrogens is 643 g/mol. The van der Waals surface area contributed by atoms with Gasteiger partial charge in [-0.15, -0.1) is 11.3 Å². The maximum absolute atomic E-state index is 16.0. The highest BCUT2D eigenvalue weighted by molar-refractivity contribution is 7.17. The van der Waals surface area contributed by atoms with Crippen molar-refractivity contribution in [2.45, 2.75) is 97.8 Å². The molecule has 0 spiro atoms. The van der Waals surface area contributed by atoms with Gasteiger partial charge in [0.1, 0.15) is 41.0 Å². The highest BCUT2D eigenvalue weighted by atomic mass is 32.1. The number of thiophene rings is 1. The zero-order chi connectivity index (χ0) is 34.6. The Hall–Kier alpha value is -3.55. The first-order chi connectivity index (χ1) is 21.8. The first-order valence-corrected chi connectivity index (χ1v) is 19.5. The van der Waals surface area contributed by atoms with E-state index in [0.29, 0.717) is 27.9 Å². The number of nitrogens with zero attached hydrogens (tertiary/aromatic N) is 4. The van der Waals surface area contributed by atoms with Crippen LogP contribution in [-0.2, 0) is 15.7 Å². The zero-order valence-corrected chi connectivity index (χ0v) is 30.5. The lowest BCUT2D eigenvalue weighted by Gasteiger charge is -2.38. The molecule has 2 atom stereocenters. The van der Waals surface area contributed by atoms with Crippen molar-refractivity contribution in [3.63, 3.8) is 0 Å². The number of aromatic hydroxyl groups is 1. The number of carbonyl (C=O) groups excluding carboxylic acids is 1. The van der Waals surface area contributed by atoms with Gasteiger partial charge in [0.05, 0.1) is 35.3 Å². The Morgan fingerprint density at radius 2 is 1.85 bits per heavy atom. The van der Waals surface area contributed by atoms with Crippen molar-refractivity contribution in [1.29, 1.82) is 0 Å². The van der Waals surface area contributed by atoms with E-state index in [-0.39, 0.29) is 53.2 Å². The van der Waals surface area contributed by atoms with E-state index in [9.17, 15) is 14.3 Å². The van der Waals surface area contributed by atoms with Crippen LogP contribution in [0.3, 0.4) is 0 Å². The van der Waals surface area contributed by atoms with E-state index in [1.807, 2.05) is 34.6 Å². The van der Waals surface area contributed by atoms with Crippen molar-refractivity contribution < 1.29 is 32.6 Å². The minimum atomic E-state index is -2.13. The molecule has 0 saturated carbocycles. The van der Waals surface area contributed by atoms with Crippen LogP contribution >= 0.6 is 11.3 Å². The molecule has 254 valence electrons. The third-order valence-corrected chi connectivity index (χ3v) is 14.1. The van der Waals surface area contributed by atoms with Crippen LogP contribution in [0.5, 0.6) is 11.6 Å². The van der Waals surface area contributed by atoms with Crippen molar-refractivity contribution in [2.75, 3.05) is 13.2 Å². The third-order valence-electron chi connectivity index (χ3n) is 8.59. The van der Waals surface area contributed by atoms with E-state index in [1.165, 1.54) is 11.3 Å². The van der Waals surface area contributed by atoms with Gasteiger partial charge in [0.25, 0.3) is 0 Å². The molecule has 0 saturated heterocycles. The van der Waals surface area contributed by atoms with Gasteiger partial charge in [-0.25, -0.2) is 18.6 Å². The van der Waals surface area contributed by atoms with Crippen molar-refractivity contribution in [1.82, 2.24) is 19.7 Å². The second kappa shape index (κ2) is 12.5. The number of benzene rings is 1. The van der Waals surface area contributed by atoms with E-state index >= 15 is 4.39 Å². The smallest absolute Gasteiger partial charge is 0.410 e. The summed E-state index contributed by atoms with van der Waals surface area (Å²) < 4.78 is 51.3. The molecule has 4 heterocycles. The van der Waals surface area contributed by atoms with Crippen LogP contribution in [-0.4, -0.2) is 64.0 Å². The number of carbonyl (C=O) groups is 1. The highest BCUT2D eigenvalue weighted by Gasteiger charge is 2.39. The lowest BCUT2D eigenvalue weighted by Crippen LogP contribution is -2.44. The fraction of sp³-hybridized carbons (Fsp3) is 0.500. The number of pyridine rings is 1. The summed E-state index contributed by atoms with van der Waals surface area (Å²) >= 11 is 1.29. The Morgan fingerprint density at radius 3 is 2.51 bits per heavy atom. The molecule has 1 aromatic carbocycles. The maximum atomic E-state index is 16.0. The number of ether oxygens (including phenoxy) is 2. The summed E-state index contributed by atoms with van der Waals surface area (Å²) in [5.41, 5.74) is 0.971. The van der Waals surface area contributed by atoms with E-state index in [4.69, 9.17) is 19.0 Å². The molecule has 0 fully saturated rings. The molecule has 9 nitrogen and oxygen atoms in total. The van der Waals surface area contributed by atoms with Gasteiger partial charge < -0.3 is 23.9 Å². The van der Waals surface area contributed by atoms with Gasteiger partial charge in [-0.2, -0.15) is 5.10 Å². The molecule has 1 N–H and O–H groups in total. The van der Waals surface area contributed by atoms with Crippen LogP contribution in [0.25, 0.3) is 32.6 Å². The predicted octanol–water partition coefficient (Wildman–Crippen LogP) is 8.91. The van der Waals surface area contributed by atoms with E-state index in [2.05, 4.69) is 38.8 Å². The summed E-state index contributed by atoms with van der Waals surface area (Å²) in [6.45, 7) is 20.6. The number of halogens is 2. The van der Waals surface area contributed by atoms with E-state index in [0.717, 1.165) is 17.8 Å². The van der Waals surface area contributed by atoms with Crippen molar-refractivity contribution in [3.8, 4) is 34.1 Å². The summed E-state index contributed by atoms with van der Waals surface area (Å²) in [5, 5.41) is 18.0. The Kier molecular flexibility index (Phi) is 9.23. The van der Waals surface area contributed by atoms with E-state index in [1.54, 1.807) is 27.1 Å². The molecule has 0 aliphatic carbocycles. The molecule has 0 unspecified atom stereocenters. The van der Waals surface area contributed by atoms with Crippen LogP contribution in [0.4, 0.5) is 13.6 Å². The lowest BCUT2D eigenvalue weighted by atomic mass is 9.98. The first kappa shape index (κ1) is 34.8. The second-order valence-electron chi connectivity index (χ2n) is 14.8. The molecule has 3 aromatic heterocycles. The molecule has 1 aliphatic rings. The first-order valence-electron chi connectivity index (χ1n) is 15.7. The van der Waals surface area contributed by atoms with Gasteiger partial charge in [-0.05, 0) is 70.3 Å². The van der Waals surface area contributed by atoms with Gasteiger partial charge in [-0.3, -0.25) is 4.68 Å². The summed E-state index contributed by atoms with van der Waals surface area (Å²) in [6, 6.07) is 5.24. The van der Waals surface area contributed by atoms with Crippen molar-refractivity contribution in [2.24, 2.45) is 0 Å². The topological polar surface area (TPSA) is 98.9 Å². The van der Waals surface area contributed by atoms with Gasteiger partial charge >= 0.3 is 6.09 Å². The largest absolute Gasteiger partial charge is 0.493 e. The molecule has 0 radical (unpaired) electrons. The lowest BCUT2D eigenvalue weighted by molar-refractivity contribution is 0.0166. The standard InChI is InChI=1S/C34H44F2N4O5SSi/c1-19-16-39(32(42)44-33(3,4)5)17-22-15-25(38-40(19)22)29-28(30-23(11-12-46-30)31(41)37-29)27-24(36)13-21(35)14-26(27)43-18-20(2)45-47(9,10)34(6,7)8/h11-15,19-20H,16-18H2,1-10H3,(H,37,41)/t19-,20+/m0/s1. The normalized spacial score (nSPS) is 16.3. The van der Waals surface area contributed by atoms with Gasteiger partial charge in [0.2, 0.25) is 5.88 Å². The van der Waals surface area contributed by atoms with Crippen LogP contribution in [0, 0.1) is 11.6 Å². The average molecular weight is 687 g/mol. The van der Waals surface area contributed by atoms with Crippen LogP contribution < -0.4 is 4.74 Å². The summed E-state index contributed by atoms with van der Waals surface area (Å²) in [6.07, 6.45) is -0.778. The maximum Gasteiger partial charge on any atom is 0.410 e. The summed E-state index contributed by atoms with van der Waals surface area (Å²) in [5.74, 6) is -1.88. The number of rotatable bonds is 7. The number of hydrogen-bond donors (Lipinski definition) is 1. The van der Waals surface area contributed by atoms with Gasteiger partial charge in [0.15, 0.2) is 8.32 Å². The van der Waals surface area contributed by atoms with Crippen LogP contribution in [0.2, 0.25) is 18.1 Å². The molecule has 4 aromatic rings. The average Bonchev–Trinajstić information content (AvgIpc) is 3.59. The number of aromatic nitrogens is 3. The Morgan fingerprint density at radius 1 is 1.15 bits per heavy atom. The van der Waals surface area contributed by atoms with Crippen LogP contribution in [0.1, 0.15) is 67.1 Å². The van der Waals surface area contributed by atoms with Crippen LogP contribution in [0.15, 0.2) is 29.6 Å². The quantitative estimate of drug-likeness (QED) is 0.194. The SMILES string of the molecule is C[C@H](COc1cc(F)cc(F)c1-c1c(-c2cc3n(n2)[C@@H](C)CN(C(=O)OC(C)(C)C)C3)nc(O)c2ccsc12)O[Si](C)(C)C(C)(C)C. The van der Waals surface area contributed by atoms with Gasteiger partial charge in [0, 0.05) is 28.9 Å². The summed E-state index contributed by atoms with van der Waals surface area (Å²) in [4.78, 5) is 19.0. The fourth-order valence-corrected chi connectivity index (χ4v) is 7.79. The van der Waals surface area contributed by atoms with E-state index < -0.39 is 31.6 Å². The number of amides is 1. The minimum Gasteiger partial charge on any atom is -0.493 e. The second-order valence-corrected chi connectivity index (χ2v) is 20.4. The highest BCUT2D eigenvalue weighted by Crippen LogP contribution is 2.47. The molecule has 1 amide bonds. The fourth-order valence-electron chi connectivity index (χ4n) is 5.42. The number of fused-ring (bicyclic) bond motifs is 2. The molecule has 13 heteroatoms. The molecular formula is C34H44F2N4O5SSi.